The van der Waals surface area contributed by atoms with Crippen LogP contribution in [0.3, 0.4) is 0 Å². The van der Waals surface area contributed by atoms with Gasteiger partial charge in [0.05, 0.1) is 11.0 Å². The number of hydrogen-bond acceptors (Lipinski definition) is 4. The number of rotatable bonds is 6. The van der Waals surface area contributed by atoms with Crippen molar-refractivity contribution in [1.29, 1.82) is 0 Å². The summed E-state index contributed by atoms with van der Waals surface area (Å²) in [6.07, 6.45) is 1.71. The molecule has 0 bridgehead atoms. The van der Waals surface area contributed by atoms with Crippen LogP contribution in [0.4, 0.5) is 5.95 Å². The molecule has 0 aliphatic carbocycles. The largest absolute Gasteiger partial charge is 0.471 e. The molecule has 5 aromatic rings. The summed E-state index contributed by atoms with van der Waals surface area (Å²) in [6, 6.07) is 27.4. The van der Waals surface area contributed by atoms with Gasteiger partial charge in [0.2, 0.25) is 5.95 Å². The molecule has 0 saturated heterocycles. The predicted octanol–water partition coefficient (Wildman–Crippen LogP) is 4.73. The molecule has 7 heteroatoms. The molecule has 7 nitrogen and oxygen atoms in total. The molecule has 1 N–H and O–H groups in total. The molecule has 2 aromatic heterocycles. The van der Waals surface area contributed by atoms with E-state index in [1.807, 2.05) is 78.3 Å². The highest BCUT2D eigenvalue weighted by Crippen LogP contribution is 2.22. The van der Waals surface area contributed by atoms with Crippen LogP contribution in [0.15, 0.2) is 91.1 Å². The zero-order chi connectivity index (χ0) is 21.9. The summed E-state index contributed by atoms with van der Waals surface area (Å²) in [6.45, 7) is 0.199. The van der Waals surface area contributed by atoms with E-state index in [1.54, 1.807) is 16.9 Å². The summed E-state index contributed by atoms with van der Waals surface area (Å²) in [5, 5.41) is 7.13. The Morgan fingerprint density at radius 1 is 0.906 bits per heavy atom. The number of carbonyl (C=O) groups is 1. The minimum Gasteiger partial charge on any atom is -0.471 e. The molecule has 2 heterocycles. The molecular weight excluding hydrogens is 402 g/mol. The Morgan fingerprint density at radius 2 is 1.62 bits per heavy atom. The van der Waals surface area contributed by atoms with Crippen molar-refractivity contribution in [2.45, 2.75) is 6.73 Å². The lowest BCUT2D eigenvalue weighted by atomic mass is 10.1. The number of nitrogens with zero attached hydrogens (tertiary/aromatic N) is 4. The predicted molar refractivity (Wildman–Crippen MR) is 123 cm³/mol. The zero-order valence-corrected chi connectivity index (χ0v) is 17.5. The molecule has 3 aromatic carbocycles. The number of para-hydroxylation sites is 2. The van der Waals surface area contributed by atoms with Gasteiger partial charge in [-0.3, -0.25) is 10.1 Å². The van der Waals surface area contributed by atoms with Gasteiger partial charge >= 0.3 is 0 Å². The molecular formula is C25H21N5O2. The van der Waals surface area contributed by atoms with Crippen molar-refractivity contribution in [3.8, 4) is 16.9 Å². The normalized spacial score (nSPS) is 10.9. The first-order valence-corrected chi connectivity index (χ1v) is 10.2. The second-order valence-electron chi connectivity index (χ2n) is 7.34. The van der Waals surface area contributed by atoms with Gasteiger partial charge in [-0.1, -0.05) is 54.6 Å². The van der Waals surface area contributed by atoms with Gasteiger partial charge in [-0.05, 0) is 41.5 Å². The van der Waals surface area contributed by atoms with Gasteiger partial charge in [-0.15, -0.1) is 0 Å². The van der Waals surface area contributed by atoms with Crippen molar-refractivity contribution in [3.63, 3.8) is 0 Å². The lowest BCUT2D eigenvalue weighted by Gasteiger charge is -2.07. The van der Waals surface area contributed by atoms with Crippen molar-refractivity contribution >= 4 is 22.9 Å². The van der Waals surface area contributed by atoms with Crippen LogP contribution in [-0.2, 0) is 13.8 Å². The number of aromatic nitrogens is 4. The van der Waals surface area contributed by atoms with Gasteiger partial charge in [-0.2, -0.15) is 5.10 Å². The molecule has 0 spiro atoms. The fourth-order valence-electron chi connectivity index (χ4n) is 3.49. The second-order valence-corrected chi connectivity index (χ2v) is 7.34. The minimum absolute atomic E-state index is 0.199. The minimum atomic E-state index is -0.325. The molecule has 0 aliphatic heterocycles. The summed E-state index contributed by atoms with van der Waals surface area (Å²) in [5.41, 5.74) is 4.34. The topological polar surface area (TPSA) is 74.0 Å². The smallest absolute Gasteiger partial charge is 0.278 e. The van der Waals surface area contributed by atoms with Crippen LogP contribution >= 0.6 is 0 Å². The number of hydrogen-bond donors (Lipinski definition) is 1. The Labute approximate surface area is 184 Å². The van der Waals surface area contributed by atoms with E-state index in [9.17, 15) is 4.79 Å². The number of amides is 1. The molecule has 0 aliphatic rings. The molecule has 0 fully saturated rings. The van der Waals surface area contributed by atoms with Gasteiger partial charge < -0.3 is 9.30 Å². The Morgan fingerprint density at radius 3 is 2.41 bits per heavy atom. The number of imidazole rings is 1. The number of nitrogens with one attached hydrogen (secondary N) is 1. The highest BCUT2D eigenvalue weighted by atomic mass is 16.5. The molecule has 0 atom stereocenters. The number of benzene rings is 3. The fraction of sp³-hybridized carbons (Fsp3) is 0.0800. The number of fused-ring (bicyclic) bond motifs is 1. The molecule has 1 amide bonds. The maximum Gasteiger partial charge on any atom is 0.278 e. The van der Waals surface area contributed by atoms with Crippen LogP contribution in [0.2, 0.25) is 0 Å². The third-order valence-corrected chi connectivity index (χ3v) is 5.21. The van der Waals surface area contributed by atoms with E-state index in [0.29, 0.717) is 11.6 Å². The van der Waals surface area contributed by atoms with E-state index < -0.39 is 0 Å². The van der Waals surface area contributed by atoms with Crippen molar-refractivity contribution in [1.82, 2.24) is 19.3 Å². The number of carbonyl (C=O) groups excluding carboxylic acids is 1. The van der Waals surface area contributed by atoms with Gasteiger partial charge in [-0.25, -0.2) is 9.67 Å². The molecule has 32 heavy (non-hydrogen) atoms. The van der Waals surface area contributed by atoms with Crippen molar-refractivity contribution in [2.24, 2.45) is 7.05 Å². The Bertz CT molecular complexity index is 1370. The third-order valence-electron chi connectivity index (χ3n) is 5.21. The number of anilines is 1. The summed E-state index contributed by atoms with van der Waals surface area (Å²) >= 11 is 0. The zero-order valence-electron chi connectivity index (χ0n) is 17.5. The van der Waals surface area contributed by atoms with Crippen LogP contribution in [-0.4, -0.2) is 25.2 Å². The molecule has 0 saturated carbocycles. The summed E-state index contributed by atoms with van der Waals surface area (Å²) < 4.78 is 9.22. The van der Waals surface area contributed by atoms with Crippen molar-refractivity contribution in [3.05, 3.63) is 96.8 Å². The lowest BCUT2D eigenvalue weighted by Crippen LogP contribution is -2.16. The maximum atomic E-state index is 12.6. The second kappa shape index (κ2) is 8.39. The van der Waals surface area contributed by atoms with Gasteiger partial charge in [0.15, 0.2) is 12.4 Å². The summed E-state index contributed by atoms with van der Waals surface area (Å²) in [5.74, 6) is 0.876. The first-order chi connectivity index (χ1) is 15.7. The lowest BCUT2D eigenvalue weighted by molar-refractivity contribution is 0.101. The average Bonchev–Trinajstić information content (AvgIpc) is 3.44. The number of aryl methyl sites for hydroxylation is 1. The maximum absolute atomic E-state index is 12.6. The summed E-state index contributed by atoms with van der Waals surface area (Å²) in [7, 11) is 1.86. The average molecular weight is 423 g/mol. The Kier molecular flexibility index (Phi) is 5.13. The Balaban J connectivity index is 1.22. The van der Waals surface area contributed by atoms with Crippen LogP contribution in [0, 0.1) is 0 Å². The van der Waals surface area contributed by atoms with Crippen LogP contribution in [0.25, 0.3) is 22.2 Å². The van der Waals surface area contributed by atoms with Crippen molar-refractivity contribution < 1.29 is 9.53 Å². The fourth-order valence-corrected chi connectivity index (χ4v) is 3.49. The first-order valence-electron chi connectivity index (χ1n) is 10.2. The number of ether oxygens (including phenoxy) is 1. The highest BCUT2D eigenvalue weighted by Gasteiger charge is 2.14. The standard InChI is InChI=1S/C25H21N5O2/c1-29-23-10-6-5-9-21(23)26-25(29)27-24(31)22-15-16-30(28-22)17-32-20-13-11-19(12-14-20)18-7-3-2-4-8-18/h2-16H,17H2,1H3,(H,26,27,31). The van der Waals surface area contributed by atoms with E-state index >= 15 is 0 Å². The first kappa shape index (κ1) is 19.6. The molecule has 0 radical (unpaired) electrons. The third kappa shape index (κ3) is 3.96. The van der Waals surface area contributed by atoms with E-state index in [1.165, 1.54) is 0 Å². The molecule has 0 unspecified atom stereocenters. The monoisotopic (exact) mass is 423 g/mol. The Hall–Kier alpha value is -4.39. The van der Waals surface area contributed by atoms with Gasteiger partial charge in [0.25, 0.3) is 5.91 Å². The van der Waals surface area contributed by atoms with Gasteiger partial charge in [0.1, 0.15) is 5.75 Å². The van der Waals surface area contributed by atoms with E-state index in [2.05, 4.69) is 27.5 Å². The SMILES string of the molecule is Cn1c(NC(=O)c2ccn(COc3ccc(-c4ccccc4)cc3)n2)nc2ccccc21. The van der Waals surface area contributed by atoms with E-state index in [4.69, 9.17) is 4.74 Å². The van der Waals surface area contributed by atoms with Crippen LogP contribution < -0.4 is 10.1 Å². The molecule has 5 rings (SSSR count). The quantitative estimate of drug-likeness (QED) is 0.429. The van der Waals surface area contributed by atoms with E-state index in [0.717, 1.165) is 27.9 Å². The van der Waals surface area contributed by atoms with Crippen LogP contribution in [0.1, 0.15) is 10.5 Å². The summed E-state index contributed by atoms with van der Waals surface area (Å²) in [4.78, 5) is 17.1. The molecule has 158 valence electrons. The van der Waals surface area contributed by atoms with E-state index in [-0.39, 0.29) is 12.6 Å². The van der Waals surface area contributed by atoms with Crippen LogP contribution in [0.5, 0.6) is 5.75 Å². The van der Waals surface area contributed by atoms with Gasteiger partial charge in [0, 0.05) is 13.2 Å². The van der Waals surface area contributed by atoms with Crippen molar-refractivity contribution in [2.75, 3.05) is 5.32 Å². The highest BCUT2D eigenvalue weighted by molar-refractivity contribution is 6.02.